The van der Waals surface area contributed by atoms with Crippen LogP contribution in [0.3, 0.4) is 0 Å². The molecule has 0 saturated carbocycles. The number of carbonyl (C=O) groups is 1. The van der Waals surface area contributed by atoms with Gasteiger partial charge in [0.15, 0.2) is 5.76 Å². The Morgan fingerprint density at radius 2 is 2.30 bits per heavy atom. The Hall–Kier alpha value is -2.29. The van der Waals surface area contributed by atoms with E-state index in [2.05, 4.69) is 22.5 Å². The molecule has 2 saturated heterocycles. The van der Waals surface area contributed by atoms with Crippen molar-refractivity contribution >= 4 is 16.9 Å². The van der Waals surface area contributed by atoms with E-state index in [4.69, 9.17) is 9.52 Å². The third-order valence-electron chi connectivity index (χ3n) is 4.69. The number of nitrogens with one attached hydrogen (secondary N) is 2. The van der Waals surface area contributed by atoms with Crippen molar-refractivity contribution in [3.63, 3.8) is 0 Å². The number of rotatable bonds is 2. The molecule has 3 N–H and O–H groups in total. The number of amides is 1. The van der Waals surface area contributed by atoms with Crippen LogP contribution in [0.15, 0.2) is 28.7 Å². The van der Waals surface area contributed by atoms with Crippen LogP contribution in [0.1, 0.15) is 35.4 Å². The van der Waals surface area contributed by atoms with Crippen molar-refractivity contribution < 1.29 is 14.3 Å². The van der Waals surface area contributed by atoms with Crippen molar-refractivity contribution in [3.8, 4) is 11.8 Å². The number of aliphatic hydroxyl groups is 1. The minimum absolute atomic E-state index is 0.0459. The standard InChI is InChI=1S/C18H18N2O3/c21-7-1-2-14-9-12-8-11(3-6-17(12)23-14)18(22)20-16-10-13-4-5-15(16)19-13/h3,6,8-9,13,15-16,19,21H,4-5,7,10H2,(H,20,22)/t13-,15+,16-/m1/s1. The highest BCUT2D eigenvalue weighted by Gasteiger charge is 2.39. The summed E-state index contributed by atoms with van der Waals surface area (Å²) in [4.78, 5) is 12.5. The molecule has 5 heteroatoms. The minimum Gasteiger partial charge on any atom is -0.448 e. The topological polar surface area (TPSA) is 74.5 Å². The second-order valence-corrected chi connectivity index (χ2v) is 6.19. The molecule has 3 heterocycles. The summed E-state index contributed by atoms with van der Waals surface area (Å²) in [5.41, 5.74) is 1.31. The number of hydrogen-bond donors (Lipinski definition) is 3. The third-order valence-corrected chi connectivity index (χ3v) is 4.69. The Kier molecular flexibility index (Phi) is 3.56. The monoisotopic (exact) mass is 310 g/mol. The lowest BCUT2D eigenvalue weighted by Gasteiger charge is -2.21. The van der Waals surface area contributed by atoms with Crippen LogP contribution in [0.5, 0.6) is 0 Å². The lowest BCUT2D eigenvalue weighted by Crippen LogP contribution is -2.42. The van der Waals surface area contributed by atoms with Gasteiger partial charge in [0, 0.05) is 35.1 Å². The molecule has 2 fully saturated rings. The van der Waals surface area contributed by atoms with Gasteiger partial charge in [-0.3, -0.25) is 4.79 Å². The zero-order valence-corrected chi connectivity index (χ0v) is 12.6. The van der Waals surface area contributed by atoms with Crippen molar-refractivity contribution in [1.82, 2.24) is 10.6 Å². The summed E-state index contributed by atoms with van der Waals surface area (Å²) in [5.74, 6) is 5.73. The third kappa shape index (κ3) is 2.72. The van der Waals surface area contributed by atoms with Gasteiger partial charge in [-0.2, -0.15) is 0 Å². The second-order valence-electron chi connectivity index (χ2n) is 6.19. The molecule has 1 aromatic carbocycles. The van der Waals surface area contributed by atoms with Crippen LogP contribution in [-0.2, 0) is 0 Å². The van der Waals surface area contributed by atoms with Crippen LogP contribution >= 0.6 is 0 Å². The Morgan fingerprint density at radius 1 is 1.39 bits per heavy atom. The molecule has 23 heavy (non-hydrogen) atoms. The maximum Gasteiger partial charge on any atom is 0.251 e. The zero-order chi connectivity index (χ0) is 15.8. The number of furan rings is 1. The molecule has 0 spiro atoms. The number of carbonyl (C=O) groups excluding carboxylic acids is 1. The highest BCUT2D eigenvalue weighted by Crippen LogP contribution is 2.28. The molecule has 2 aromatic rings. The summed E-state index contributed by atoms with van der Waals surface area (Å²) < 4.78 is 5.55. The summed E-state index contributed by atoms with van der Waals surface area (Å²) in [5, 5.41) is 16.2. The molecule has 118 valence electrons. The van der Waals surface area contributed by atoms with Gasteiger partial charge < -0.3 is 20.2 Å². The molecule has 0 unspecified atom stereocenters. The number of fused-ring (bicyclic) bond motifs is 3. The van der Waals surface area contributed by atoms with Crippen LogP contribution < -0.4 is 10.6 Å². The Morgan fingerprint density at radius 3 is 3.04 bits per heavy atom. The van der Waals surface area contributed by atoms with Gasteiger partial charge in [-0.05, 0) is 43.4 Å². The predicted octanol–water partition coefficient (Wildman–Crippen LogP) is 1.40. The van der Waals surface area contributed by atoms with E-state index in [1.54, 1.807) is 18.2 Å². The molecule has 2 aliphatic heterocycles. The van der Waals surface area contributed by atoms with Gasteiger partial charge in [0.05, 0.1) is 0 Å². The lowest BCUT2D eigenvalue weighted by molar-refractivity contribution is 0.0931. The molecule has 5 nitrogen and oxygen atoms in total. The van der Waals surface area contributed by atoms with Gasteiger partial charge in [-0.1, -0.05) is 5.92 Å². The SMILES string of the molecule is O=C(N[C@@H]1C[C@H]2CC[C@@H]1N2)c1ccc2oc(C#CCO)cc2c1. The number of hydrogen-bond acceptors (Lipinski definition) is 4. The molecule has 2 bridgehead atoms. The van der Waals surface area contributed by atoms with Crippen molar-refractivity contribution in [3.05, 3.63) is 35.6 Å². The Balaban J connectivity index is 1.52. The largest absolute Gasteiger partial charge is 0.448 e. The maximum atomic E-state index is 12.5. The van der Waals surface area contributed by atoms with Crippen molar-refractivity contribution in [2.45, 2.75) is 37.4 Å². The van der Waals surface area contributed by atoms with Crippen LogP contribution in [0, 0.1) is 11.8 Å². The first-order valence-electron chi connectivity index (χ1n) is 7.93. The summed E-state index contributed by atoms with van der Waals surface area (Å²) in [6.07, 6.45) is 3.38. The van der Waals surface area contributed by atoms with Gasteiger partial charge in [0.25, 0.3) is 5.91 Å². The molecule has 1 aromatic heterocycles. The van der Waals surface area contributed by atoms with E-state index in [1.165, 1.54) is 6.42 Å². The van der Waals surface area contributed by atoms with Gasteiger partial charge in [-0.25, -0.2) is 0 Å². The van der Waals surface area contributed by atoms with E-state index >= 15 is 0 Å². The second kappa shape index (κ2) is 5.73. The lowest BCUT2D eigenvalue weighted by atomic mass is 9.95. The smallest absolute Gasteiger partial charge is 0.251 e. The normalized spacial score (nSPS) is 25.3. The first-order chi connectivity index (χ1) is 11.2. The molecular weight excluding hydrogens is 292 g/mol. The molecule has 0 radical (unpaired) electrons. The first-order valence-corrected chi connectivity index (χ1v) is 7.93. The van der Waals surface area contributed by atoms with E-state index in [9.17, 15) is 4.79 Å². The first kappa shape index (κ1) is 14.3. The highest BCUT2D eigenvalue weighted by molar-refractivity contribution is 5.98. The van der Waals surface area contributed by atoms with E-state index in [-0.39, 0.29) is 18.6 Å². The fourth-order valence-corrected chi connectivity index (χ4v) is 3.61. The zero-order valence-electron chi connectivity index (χ0n) is 12.6. The summed E-state index contributed by atoms with van der Waals surface area (Å²) in [6.45, 7) is -0.206. The van der Waals surface area contributed by atoms with E-state index in [0.29, 0.717) is 29.0 Å². The quantitative estimate of drug-likeness (QED) is 0.733. The van der Waals surface area contributed by atoms with Crippen molar-refractivity contribution in [2.75, 3.05) is 6.61 Å². The van der Waals surface area contributed by atoms with Crippen molar-refractivity contribution in [1.29, 1.82) is 0 Å². The summed E-state index contributed by atoms with van der Waals surface area (Å²) in [6, 6.07) is 8.37. The Labute approximate surface area is 134 Å². The molecule has 2 aliphatic rings. The summed E-state index contributed by atoms with van der Waals surface area (Å²) in [7, 11) is 0. The van der Waals surface area contributed by atoms with E-state index in [1.807, 2.05) is 6.07 Å². The van der Waals surface area contributed by atoms with Crippen LogP contribution in [-0.4, -0.2) is 35.7 Å². The number of benzene rings is 1. The van der Waals surface area contributed by atoms with Gasteiger partial charge in [0.1, 0.15) is 12.2 Å². The predicted molar refractivity (Wildman–Crippen MR) is 86.0 cm³/mol. The van der Waals surface area contributed by atoms with Gasteiger partial charge in [0.2, 0.25) is 0 Å². The summed E-state index contributed by atoms with van der Waals surface area (Å²) >= 11 is 0. The van der Waals surface area contributed by atoms with E-state index < -0.39 is 0 Å². The molecule has 4 rings (SSSR count). The van der Waals surface area contributed by atoms with Crippen LogP contribution in [0.25, 0.3) is 11.0 Å². The Bertz CT molecular complexity index is 815. The fourth-order valence-electron chi connectivity index (χ4n) is 3.61. The van der Waals surface area contributed by atoms with Gasteiger partial charge in [-0.15, -0.1) is 0 Å². The molecule has 0 aliphatic carbocycles. The van der Waals surface area contributed by atoms with Crippen LogP contribution in [0.2, 0.25) is 0 Å². The average molecular weight is 310 g/mol. The van der Waals surface area contributed by atoms with Crippen LogP contribution in [0.4, 0.5) is 0 Å². The van der Waals surface area contributed by atoms with Gasteiger partial charge >= 0.3 is 0 Å². The average Bonchev–Trinajstić information content (AvgIpc) is 3.26. The molecule has 3 atom stereocenters. The highest BCUT2D eigenvalue weighted by atomic mass is 16.3. The van der Waals surface area contributed by atoms with Crippen molar-refractivity contribution in [2.24, 2.45) is 0 Å². The molecule has 1 amide bonds. The molecular formula is C18H18N2O3. The fraction of sp³-hybridized carbons (Fsp3) is 0.389. The number of aliphatic hydroxyl groups excluding tert-OH is 1. The minimum atomic E-state index is -0.206. The van der Waals surface area contributed by atoms with E-state index in [0.717, 1.165) is 18.2 Å². The maximum absolute atomic E-state index is 12.5.